The Morgan fingerprint density at radius 1 is 1.00 bits per heavy atom. The second-order valence-electron chi connectivity index (χ2n) is 6.05. The van der Waals surface area contributed by atoms with Gasteiger partial charge in [-0.1, -0.05) is 18.2 Å². The molecule has 0 aliphatic carbocycles. The Morgan fingerprint density at radius 3 is 2.41 bits per heavy atom. The van der Waals surface area contributed by atoms with E-state index in [1.54, 1.807) is 41.6 Å². The van der Waals surface area contributed by atoms with Crippen LogP contribution in [0.2, 0.25) is 0 Å². The second kappa shape index (κ2) is 8.93. The van der Waals surface area contributed by atoms with Gasteiger partial charge in [0.1, 0.15) is 5.82 Å². The lowest BCUT2D eigenvalue weighted by molar-refractivity contribution is -0.120. The van der Waals surface area contributed by atoms with Crippen LogP contribution in [-0.4, -0.2) is 59.5 Å². The van der Waals surface area contributed by atoms with Crippen LogP contribution in [0.3, 0.4) is 0 Å². The molecule has 1 aliphatic heterocycles. The van der Waals surface area contributed by atoms with Gasteiger partial charge in [-0.2, -0.15) is 0 Å². The van der Waals surface area contributed by atoms with Crippen molar-refractivity contribution in [2.75, 3.05) is 37.6 Å². The van der Waals surface area contributed by atoms with Crippen molar-refractivity contribution in [3.8, 4) is 0 Å². The summed E-state index contributed by atoms with van der Waals surface area (Å²) in [5.41, 5.74) is 0.399. The molecule has 0 radical (unpaired) electrons. The van der Waals surface area contributed by atoms with Gasteiger partial charge in [-0.3, -0.25) is 4.79 Å². The Hall–Kier alpha value is -3.23. The Balaban J connectivity index is 1.38. The maximum atomic E-state index is 13.5. The van der Waals surface area contributed by atoms with Crippen LogP contribution in [0, 0.1) is 5.82 Å². The van der Waals surface area contributed by atoms with Gasteiger partial charge in [0.15, 0.2) is 0 Å². The van der Waals surface area contributed by atoms with Gasteiger partial charge >= 0.3 is 6.03 Å². The maximum Gasteiger partial charge on any atom is 0.317 e. The van der Waals surface area contributed by atoms with Crippen molar-refractivity contribution in [3.05, 3.63) is 54.1 Å². The fourth-order valence-corrected chi connectivity index (χ4v) is 2.73. The molecule has 0 atom stereocenters. The molecule has 2 aromatic rings. The SMILES string of the molecule is O=C(CNC(=O)N1CCN(c2ncccn2)CC1)NCc1ccccc1F. The zero-order chi connectivity index (χ0) is 19.1. The van der Waals surface area contributed by atoms with Crippen molar-refractivity contribution in [3.63, 3.8) is 0 Å². The predicted octanol–water partition coefficient (Wildman–Crippen LogP) is 0.764. The van der Waals surface area contributed by atoms with Crippen LogP contribution in [0.5, 0.6) is 0 Å². The number of piperazine rings is 1. The lowest BCUT2D eigenvalue weighted by Gasteiger charge is -2.34. The number of nitrogens with zero attached hydrogens (tertiary/aromatic N) is 4. The summed E-state index contributed by atoms with van der Waals surface area (Å²) in [7, 11) is 0. The van der Waals surface area contributed by atoms with Crippen molar-refractivity contribution in [1.29, 1.82) is 0 Å². The van der Waals surface area contributed by atoms with Gasteiger partial charge in [-0.15, -0.1) is 0 Å². The topological polar surface area (TPSA) is 90.5 Å². The van der Waals surface area contributed by atoms with E-state index in [0.29, 0.717) is 37.7 Å². The number of nitrogens with one attached hydrogen (secondary N) is 2. The van der Waals surface area contributed by atoms with Crippen LogP contribution in [0.4, 0.5) is 15.1 Å². The number of rotatable bonds is 5. The molecule has 1 aromatic heterocycles. The van der Waals surface area contributed by atoms with Crippen molar-refractivity contribution >= 4 is 17.9 Å². The Kier molecular flexibility index (Phi) is 6.14. The molecule has 0 spiro atoms. The average molecular weight is 372 g/mol. The minimum atomic E-state index is -0.373. The van der Waals surface area contributed by atoms with E-state index in [-0.39, 0.29) is 30.8 Å². The van der Waals surface area contributed by atoms with Gasteiger partial charge in [0, 0.05) is 50.7 Å². The van der Waals surface area contributed by atoms with Crippen LogP contribution in [0.25, 0.3) is 0 Å². The molecule has 1 aromatic carbocycles. The first-order valence-corrected chi connectivity index (χ1v) is 8.68. The first-order chi connectivity index (χ1) is 13.1. The van der Waals surface area contributed by atoms with Crippen LogP contribution < -0.4 is 15.5 Å². The zero-order valence-corrected chi connectivity index (χ0v) is 14.8. The fraction of sp³-hybridized carbons (Fsp3) is 0.333. The molecule has 1 saturated heterocycles. The monoisotopic (exact) mass is 372 g/mol. The molecule has 8 nitrogen and oxygen atoms in total. The highest BCUT2D eigenvalue weighted by atomic mass is 19.1. The molecule has 9 heteroatoms. The highest BCUT2D eigenvalue weighted by Crippen LogP contribution is 2.09. The first kappa shape index (κ1) is 18.6. The van der Waals surface area contributed by atoms with Crippen LogP contribution in [0.1, 0.15) is 5.56 Å². The molecular weight excluding hydrogens is 351 g/mol. The molecule has 0 saturated carbocycles. The number of carbonyl (C=O) groups is 2. The molecule has 0 bridgehead atoms. The summed E-state index contributed by atoms with van der Waals surface area (Å²) in [6.45, 7) is 2.20. The lowest BCUT2D eigenvalue weighted by Crippen LogP contribution is -2.53. The minimum absolute atomic E-state index is 0.0805. The molecule has 2 N–H and O–H groups in total. The molecule has 1 fully saturated rings. The molecular formula is C18H21FN6O2. The normalized spacial score (nSPS) is 14.0. The summed E-state index contributed by atoms with van der Waals surface area (Å²) in [5, 5.41) is 5.18. The van der Waals surface area contributed by atoms with Crippen LogP contribution in [0.15, 0.2) is 42.7 Å². The minimum Gasteiger partial charge on any atom is -0.350 e. The van der Waals surface area contributed by atoms with E-state index in [4.69, 9.17) is 0 Å². The van der Waals surface area contributed by atoms with E-state index >= 15 is 0 Å². The highest BCUT2D eigenvalue weighted by molar-refractivity contribution is 5.84. The largest absolute Gasteiger partial charge is 0.350 e. The maximum absolute atomic E-state index is 13.5. The van der Waals surface area contributed by atoms with E-state index < -0.39 is 0 Å². The van der Waals surface area contributed by atoms with Crippen LogP contribution in [-0.2, 0) is 11.3 Å². The standard InChI is InChI=1S/C18H21FN6O2/c19-15-5-2-1-4-14(15)12-22-16(26)13-23-18(27)25-10-8-24(9-11-25)17-20-6-3-7-21-17/h1-7H,8-13H2,(H,22,26)(H,23,27). The van der Waals surface area contributed by atoms with Gasteiger partial charge in [0.2, 0.25) is 11.9 Å². The van der Waals surface area contributed by atoms with Gasteiger partial charge in [0.05, 0.1) is 6.54 Å². The quantitative estimate of drug-likeness (QED) is 0.809. The third-order valence-electron chi connectivity index (χ3n) is 4.24. The summed E-state index contributed by atoms with van der Waals surface area (Å²) in [4.78, 5) is 36.1. The van der Waals surface area contributed by atoms with E-state index in [1.807, 2.05) is 4.90 Å². The summed E-state index contributed by atoms with van der Waals surface area (Å²) in [6, 6.07) is 7.68. The number of carbonyl (C=O) groups excluding carboxylic acids is 2. The third-order valence-corrected chi connectivity index (χ3v) is 4.24. The van der Waals surface area contributed by atoms with Crippen molar-refractivity contribution in [2.24, 2.45) is 0 Å². The molecule has 0 unspecified atom stereocenters. The number of amides is 3. The summed E-state index contributed by atoms with van der Waals surface area (Å²) in [5.74, 6) is -0.102. The summed E-state index contributed by atoms with van der Waals surface area (Å²) < 4.78 is 13.5. The fourth-order valence-electron chi connectivity index (χ4n) is 2.73. The molecule has 3 amide bonds. The Labute approximate surface area is 156 Å². The van der Waals surface area contributed by atoms with E-state index in [9.17, 15) is 14.0 Å². The van der Waals surface area contributed by atoms with Gasteiger partial charge in [-0.25, -0.2) is 19.2 Å². The van der Waals surface area contributed by atoms with Gasteiger partial charge in [-0.05, 0) is 12.1 Å². The Morgan fingerprint density at radius 2 is 1.70 bits per heavy atom. The number of hydrogen-bond donors (Lipinski definition) is 2. The number of hydrogen-bond acceptors (Lipinski definition) is 5. The predicted molar refractivity (Wildman–Crippen MR) is 97.5 cm³/mol. The molecule has 142 valence electrons. The van der Waals surface area contributed by atoms with Gasteiger partial charge < -0.3 is 20.4 Å². The van der Waals surface area contributed by atoms with E-state index in [2.05, 4.69) is 20.6 Å². The average Bonchev–Trinajstić information content (AvgIpc) is 2.72. The van der Waals surface area contributed by atoms with Crippen molar-refractivity contribution < 1.29 is 14.0 Å². The molecule has 27 heavy (non-hydrogen) atoms. The number of benzene rings is 1. The lowest BCUT2D eigenvalue weighted by atomic mass is 10.2. The van der Waals surface area contributed by atoms with Crippen molar-refractivity contribution in [1.82, 2.24) is 25.5 Å². The second-order valence-corrected chi connectivity index (χ2v) is 6.05. The third kappa shape index (κ3) is 5.13. The van der Waals surface area contributed by atoms with Crippen molar-refractivity contribution in [2.45, 2.75) is 6.54 Å². The number of urea groups is 1. The van der Waals surface area contributed by atoms with Gasteiger partial charge in [0.25, 0.3) is 0 Å². The highest BCUT2D eigenvalue weighted by Gasteiger charge is 2.22. The molecule has 1 aliphatic rings. The zero-order valence-electron chi connectivity index (χ0n) is 14.8. The van der Waals surface area contributed by atoms with Crippen LogP contribution >= 0.6 is 0 Å². The molecule has 2 heterocycles. The van der Waals surface area contributed by atoms with E-state index in [0.717, 1.165) is 0 Å². The number of anilines is 1. The number of halogens is 1. The number of aromatic nitrogens is 2. The molecule has 3 rings (SSSR count). The summed E-state index contributed by atoms with van der Waals surface area (Å²) in [6.07, 6.45) is 3.36. The smallest absolute Gasteiger partial charge is 0.317 e. The first-order valence-electron chi connectivity index (χ1n) is 8.68. The van der Waals surface area contributed by atoms with E-state index in [1.165, 1.54) is 6.07 Å². The summed E-state index contributed by atoms with van der Waals surface area (Å²) >= 11 is 0. The Bertz CT molecular complexity index is 780.